The highest BCUT2D eigenvalue weighted by molar-refractivity contribution is 5.85. The van der Waals surface area contributed by atoms with Crippen molar-refractivity contribution in [3.05, 3.63) is 29.8 Å². The minimum Gasteiger partial charge on any atom is -0.497 e. The minimum absolute atomic E-state index is 0. The third-order valence-corrected chi connectivity index (χ3v) is 1.65. The molecule has 0 aliphatic carbocycles. The number of rotatable bonds is 3. The van der Waals surface area contributed by atoms with Crippen LogP contribution in [0.4, 0.5) is 0 Å². The average molecular weight is 202 g/mol. The molecule has 0 aliphatic heterocycles. The Morgan fingerprint density at radius 1 is 1.38 bits per heavy atom. The van der Waals surface area contributed by atoms with Crippen molar-refractivity contribution < 1.29 is 9.53 Å². The van der Waals surface area contributed by atoms with Gasteiger partial charge in [0.15, 0.2) is 0 Å². The van der Waals surface area contributed by atoms with Crippen molar-refractivity contribution >= 4 is 18.7 Å². The molecule has 0 amide bonds. The monoisotopic (exact) mass is 201 g/mol. The van der Waals surface area contributed by atoms with Crippen LogP contribution in [0, 0.1) is 0 Å². The van der Waals surface area contributed by atoms with Crippen LogP contribution in [-0.4, -0.2) is 13.4 Å². The number of carbonyl (C=O) groups excluding carboxylic acids is 1. The van der Waals surface area contributed by atoms with E-state index in [1.165, 1.54) is 0 Å². The molecule has 0 saturated carbocycles. The summed E-state index contributed by atoms with van der Waals surface area (Å²) in [7, 11) is 1.59. The van der Waals surface area contributed by atoms with Gasteiger partial charge >= 0.3 is 0 Å². The van der Waals surface area contributed by atoms with Crippen LogP contribution in [0.5, 0.6) is 5.75 Å². The van der Waals surface area contributed by atoms with E-state index in [0.717, 1.165) is 11.3 Å². The number of ether oxygens (including phenoxy) is 1. The van der Waals surface area contributed by atoms with E-state index in [-0.39, 0.29) is 12.4 Å². The molecular weight excluding hydrogens is 190 g/mol. The van der Waals surface area contributed by atoms with Crippen molar-refractivity contribution in [2.24, 2.45) is 5.73 Å². The lowest BCUT2D eigenvalue weighted by atomic mass is 10.1. The predicted octanol–water partition coefficient (Wildman–Crippen LogP) is 1.32. The molecule has 0 bridgehead atoms. The van der Waals surface area contributed by atoms with E-state index >= 15 is 0 Å². The summed E-state index contributed by atoms with van der Waals surface area (Å²) in [6, 6.07) is 6.57. The molecule has 0 saturated heterocycles. The summed E-state index contributed by atoms with van der Waals surface area (Å²) in [4.78, 5) is 10.3. The lowest BCUT2D eigenvalue weighted by molar-refractivity contribution is -0.109. The molecule has 13 heavy (non-hydrogen) atoms. The van der Waals surface area contributed by atoms with Crippen LogP contribution in [0.1, 0.15) is 11.6 Å². The van der Waals surface area contributed by atoms with Gasteiger partial charge in [-0.2, -0.15) is 0 Å². The van der Waals surface area contributed by atoms with Crippen molar-refractivity contribution in [1.29, 1.82) is 0 Å². The zero-order chi connectivity index (χ0) is 8.97. The van der Waals surface area contributed by atoms with Gasteiger partial charge in [-0.25, -0.2) is 0 Å². The Balaban J connectivity index is 0.00000144. The van der Waals surface area contributed by atoms with Crippen LogP contribution < -0.4 is 10.5 Å². The number of aldehydes is 1. The van der Waals surface area contributed by atoms with E-state index < -0.39 is 6.04 Å². The highest BCUT2D eigenvalue weighted by atomic mass is 35.5. The molecule has 0 radical (unpaired) electrons. The van der Waals surface area contributed by atoms with E-state index in [1.54, 1.807) is 31.4 Å². The topological polar surface area (TPSA) is 52.3 Å². The van der Waals surface area contributed by atoms with Crippen molar-refractivity contribution in [2.45, 2.75) is 6.04 Å². The van der Waals surface area contributed by atoms with E-state index in [9.17, 15) is 4.79 Å². The summed E-state index contributed by atoms with van der Waals surface area (Å²) >= 11 is 0. The maximum absolute atomic E-state index is 10.3. The number of halogens is 1. The third-order valence-electron chi connectivity index (χ3n) is 1.65. The maximum atomic E-state index is 10.3. The number of hydrogen-bond donors (Lipinski definition) is 1. The molecule has 4 heteroatoms. The van der Waals surface area contributed by atoms with Gasteiger partial charge in [0.05, 0.1) is 13.2 Å². The van der Waals surface area contributed by atoms with E-state index in [1.807, 2.05) is 0 Å². The summed E-state index contributed by atoms with van der Waals surface area (Å²) in [6.45, 7) is 0. The first-order valence-corrected chi connectivity index (χ1v) is 3.62. The van der Waals surface area contributed by atoms with Crippen LogP contribution in [0.2, 0.25) is 0 Å². The fourth-order valence-corrected chi connectivity index (χ4v) is 0.905. The molecule has 0 aliphatic rings. The molecule has 1 aromatic carbocycles. The van der Waals surface area contributed by atoms with Crippen LogP contribution in [0.3, 0.4) is 0 Å². The molecule has 72 valence electrons. The molecule has 0 spiro atoms. The van der Waals surface area contributed by atoms with Gasteiger partial charge in [-0.15, -0.1) is 12.4 Å². The largest absolute Gasteiger partial charge is 0.497 e. The van der Waals surface area contributed by atoms with Crippen LogP contribution in [0.25, 0.3) is 0 Å². The zero-order valence-electron chi connectivity index (χ0n) is 7.27. The van der Waals surface area contributed by atoms with Gasteiger partial charge in [-0.1, -0.05) is 12.1 Å². The van der Waals surface area contributed by atoms with Crippen molar-refractivity contribution in [2.75, 3.05) is 7.11 Å². The molecular formula is C9H12ClNO2. The van der Waals surface area contributed by atoms with Gasteiger partial charge in [0.2, 0.25) is 0 Å². The standard InChI is InChI=1S/C9H11NO2.ClH/c1-12-8-4-2-7(3-5-8)9(10)6-11;/h2-6,9H,10H2,1H3;1H. The second-order valence-electron chi connectivity index (χ2n) is 2.44. The summed E-state index contributed by atoms with van der Waals surface area (Å²) in [5.74, 6) is 0.761. The molecule has 1 unspecified atom stereocenters. The van der Waals surface area contributed by atoms with Crippen molar-refractivity contribution in [3.63, 3.8) is 0 Å². The third kappa shape index (κ3) is 3.05. The first-order valence-electron chi connectivity index (χ1n) is 3.62. The Morgan fingerprint density at radius 2 is 1.92 bits per heavy atom. The normalized spacial score (nSPS) is 11.2. The summed E-state index contributed by atoms with van der Waals surface area (Å²) in [5.41, 5.74) is 6.27. The number of methoxy groups -OCH3 is 1. The highest BCUT2D eigenvalue weighted by Gasteiger charge is 2.02. The number of benzene rings is 1. The van der Waals surface area contributed by atoms with Crippen LogP contribution >= 0.6 is 12.4 Å². The molecule has 2 N–H and O–H groups in total. The van der Waals surface area contributed by atoms with Gasteiger partial charge in [0.1, 0.15) is 12.0 Å². The first kappa shape index (κ1) is 11.9. The van der Waals surface area contributed by atoms with E-state index in [0.29, 0.717) is 6.29 Å². The molecule has 1 aromatic rings. The van der Waals surface area contributed by atoms with E-state index in [4.69, 9.17) is 10.5 Å². The molecule has 0 aromatic heterocycles. The second-order valence-corrected chi connectivity index (χ2v) is 2.44. The Bertz CT molecular complexity index is 261. The quantitative estimate of drug-likeness (QED) is 0.751. The van der Waals surface area contributed by atoms with Gasteiger partial charge in [-0.3, -0.25) is 0 Å². The molecule has 1 rings (SSSR count). The number of nitrogens with two attached hydrogens (primary N) is 1. The predicted molar refractivity (Wildman–Crippen MR) is 53.2 cm³/mol. The van der Waals surface area contributed by atoms with Crippen LogP contribution in [-0.2, 0) is 4.79 Å². The lowest BCUT2D eigenvalue weighted by Gasteiger charge is -2.04. The molecule has 0 fully saturated rings. The SMILES string of the molecule is COc1ccc(C(N)C=O)cc1.Cl. The Hall–Kier alpha value is -1.06. The molecule has 1 atom stereocenters. The Kier molecular flexibility index (Phi) is 5.11. The highest BCUT2D eigenvalue weighted by Crippen LogP contribution is 2.14. The summed E-state index contributed by atoms with van der Waals surface area (Å²) < 4.78 is 4.95. The maximum Gasteiger partial charge on any atom is 0.141 e. The fourth-order valence-electron chi connectivity index (χ4n) is 0.905. The average Bonchev–Trinajstić information content (AvgIpc) is 2.17. The lowest BCUT2D eigenvalue weighted by Crippen LogP contribution is -2.10. The number of hydrogen-bond acceptors (Lipinski definition) is 3. The Morgan fingerprint density at radius 3 is 2.31 bits per heavy atom. The molecule has 0 heterocycles. The summed E-state index contributed by atoms with van der Waals surface area (Å²) in [5, 5.41) is 0. The van der Waals surface area contributed by atoms with Gasteiger partial charge in [0, 0.05) is 0 Å². The Labute approximate surface area is 83.3 Å². The zero-order valence-corrected chi connectivity index (χ0v) is 8.08. The molecule has 3 nitrogen and oxygen atoms in total. The summed E-state index contributed by atoms with van der Waals surface area (Å²) in [6.07, 6.45) is 0.710. The smallest absolute Gasteiger partial charge is 0.141 e. The van der Waals surface area contributed by atoms with Gasteiger partial charge in [0.25, 0.3) is 0 Å². The van der Waals surface area contributed by atoms with Crippen LogP contribution in [0.15, 0.2) is 24.3 Å². The van der Waals surface area contributed by atoms with Gasteiger partial charge < -0.3 is 15.3 Å². The van der Waals surface area contributed by atoms with Crippen molar-refractivity contribution in [1.82, 2.24) is 0 Å². The van der Waals surface area contributed by atoms with Gasteiger partial charge in [-0.05, 0) is 17.7 Å². The second kappa shape index (κ2) is 5.56. The minimum atomic E-state index is -0.532. The van der Waals surface area contributed by atoms with Crippen molar-refractivity contribution in [3.8, 4) is 5.75 Å². The first-order chi connectivity index (χ1) is 5.77. The number of carbonyl (C=O) groups is 1. The fraction of sp³-hybridized carbons (Fsp3) is 0.222. The van der Waals surface area contributed by atoms with E-state index in [2.05, 4.69) is 0 Å².